The van der Waals surface area contributed by atoms with Crippen LogP contribution in [0.5, 0.6) is 5.75 Å². The number of aryl methyl sites for hydroxylation is 1. The van der Waals surface area contributed by atoms with Crippen LogP contribution in [-0.4, -0.2) is 15.2 Å². The van der Waals surface area contributed by atoms with E-state index in [1.54, 1.807) is 12.1 Å². The summed E-state index contributed by atoms with van der Waals surface area (Å²) in [6.45, 7) is 0. The number of nitrogens with zero attached hydrogens (tertiary/aromatic N) is 1. The van der Waals surface area contributed by atoms with Crippen LogP contribution in [-0.2, 0) is 6.42 Å². The number of thiazole rings is 1. The molecule has 1 aromatic carbocycles. The summed E-state index contributed by atoms with van der Waals surface area (Å²) in [5.74, 6) is 0.247. The first-order valence-electron chi connectivity index (χ1n) is 5.71. The molecule has 1 aliphatic carbocycles. The van der Waals surface area contributed by atoms with E-state index in [0.717, 1.165) is 40.4 Å². The Balaban J connectivity index is 2.05. The zero-order valence-corrected chi connectivity index (χ0v) is 10.1. The second-order valence-electron chi connectivity index (χ2n) is 4.29. The number of phenolic OH excluding ortho intramolecular Hbond substituents is 1. The predicted octanol–water partition coefficient (Wildman–Crippen LogP) is 2.89. The van der Waals surface area contributed by atoms with E-state index in [9.17, 15) is 10.2 Å². The normalized spacial score (nSPS) is 19.0. The van der Waals surface area contributed by atoms with Crippen LogP contribution in [0.2, 0.25) is 0 Å². The van der Waals surface area contributed by atoms with E-state index < -0.39 is 0 Å². The number of phenols is 1. The van der Waals surface area contributed by atoms with Crippen molar-refractivity contribution in [1.29, 1.82) is 0 Å². The van der Waals surface area contributed by atoms with Crippen LogP contribution in [0.4, 0.5) is 0 Å². The van der Waals surface area contributed by atoms with E-state index in [0.29, 0.717) is 0 Å². The molecule has 0 radical (unpaired) electrons. The van der Waals surface area contributed by atoms with Crippen molar-refractivity contribution in [2.24, 2.45) is 0 Å². The summed E-state index contributed by atoms with van der Waals surface area (Å²) >= 11 is 1.53. The lowest BCUT2D eigenvalue weighted by atomic mass is 10.0. The van der Waals surface area contributed by atoms with Crippen LogP contribution in [0.1, 0.15) is 29.5 Å². The van der Waals surface area contributed by atoms with Crippen molar-refractivity contribution in [3.63, 3.8) is 0 Å². The summed E-state index contributed by atoms with van der Waals surface area (Å²) in [6.07, 6.45) is 2.41. The number of hydrogen-bond donors (Lipinski definition) is 2. The van der Waals surface area contributed by atoms with E-state index in [1.165, 1.54) is 11.3 Å². The van der Waals surface area contributed by atoms with Crippen molar-refractivity contribution in [2.75, 3.05) is 0 Å². The van der Waals surface area contributed by atoms with Gasteiger partial charge >= 0.3 is 0 Å². The molecule has 17 heavy (non-hydrogen) atoms. The molecule has 1 heterocycles. The van der Waals surface area contributed by atoms with Crippen LogP contribution in [0.3, 0.4) is 0 Å². The first kappa shape index (κ1) is 10.7. The second-order valence-corrected chi connectivity index (χ2v) is 5.32. The minimum Gasteiger partial charge on any atom is -0.508 e. The molecule has 1 aliphatic rings. The van der Waals surface area contributed by atoms with Crippen molar-refractivity contribution < 1.29 is 10.2 Å². The first-order valence-corrected chi connectivity index (χ1v) is 6.53. The molecule has 0 saturated carbocycles. The van der Waals surface area contributed by atoms with E-state index in [1.807, 2.05) is 12.1 Å². The second kappa shape index (κ2) is 4.13. The maximum atomic E-state index is 9.90. The molecule has 2 aromatic rings. The quantitative estimate of drug-likeness (QED) is 0.814. The average Bonchev–Trinajstić information content (AvgIpc) is 2.74. The highest BCUT2D eigenvalue weighted by atomic mass is 32.1. The third kappa shape index (κ3) is 1.94. The highest BCUT2D eigenvalue weighted by Gasteiger charge is 2.23. The monoisotopic (exact) mass is 247 g/mol. The van der Waals surface area contributed by atoms with Gasteiger partial charge in [-0.25, -0.2) is 4.98 Å². The summed E-state index contributed by atoms with van der Waals surface area (Å²) in [5.41, 5.74) is 1.93. The summed E-state index contributed by atoms with van der Waals surface area (Å²) in [6, 6.07) is 7.08. The number of aliphatic hydroxyl groups excluding tert-OH is 1. The predicted molar refractivity (Wildman–Crippen MR) is 67.1 cm³/mol. The topological polar surface area (TPSA) is 53.4 Å². The van der Waals surface area contributed by atoms with Gasteiger partial charge < -0.3 is 10.2 Å². The number of fused-ring (bicyclic) bond motifs is 1. The van der Waals surface area contributed by atoms with Crippen LogP contribution in [0.25, 0.3) is 10.6 Å². The van der Waals surface area contributed by atoms with Gasteiger partial charge in [0.05, 0.1) is 16.7 Å². The highest BCUT2D eigenvalue weighted by molar-refractivity contribution is 7.15. The third-order valence-electron chi connectivity index (χ3n) is 3.01. The number of aromatic nitrogens is 1. The zero-order chi connectivity index (χ0) is 11.8. The molecule has 0 spiro atoms. The van der Waals surface area contributed by atoms with Crippen LogP contribution < -0.4 is 0 Å². The number of benzene rings is 1. The van der Waals surface area contributed by atoms with Crippen molar-refractivity contribution in [2.45, 2.75) is 25.4 Å². The lowest BCUT2D eigenvalue weighted by Crippen LogP contribution is -2.06. The van der Waals surface area contributed by atoms with Gasteiger partial charge in [-0.05, 0) is 31.4 Å². The number of rotatable bonds is 1. The van der Waals surface area contributed by atoms with Gasteiger partial charge in [-0.1, -0.05) is 12.1 Å². The summed E-state index contributed by atoms with van der Waals surface area (Å²) in [4.78, 5) is 5.55. The van der Waals surface area contributed by atoms with Gasteiger partial charge in [-0.3, -0.25) is 0 Å². The van der Waals surface area contributed by atoms with Crippen LogP contribution in [0.15, 0.2) is 24.3 Å². The Morgan fingerprint density at radius 2 is 2.24 bits per heavy atom. The molecule has 2 N–H and O–H groups in total. The van der Waals surface area contributed by atoms with Crippen molar-refractivity contribution in [3.8, 4) is 16.3 Å². The van der Waals surface area contributed by atoms with Gasteiger partial charge in [0.15, 0.2) is 0 Å². The standard InChI is InChI=1S/C13H13NO2S/c15-9-4-1-3-8(7-9)13-14-10-5-2-6-11(16)12(10)17-13/h1,3-4,7,11,15-16H,2,5-6H2. The fourth-order valence-electron chi connectivity index (χ4n) is 2.16. The molecule has 0 saturated heterocycles. The fraction of sp³-hybridized carbons (Fsp3) is 0.308. The summed E-state index contributed by atoms with van der Waals surface area (Å²) in [5, 5.41) is 20.2. The van der Waals surface area contributed by atoms with E-state index in [2.05, 4.69) is 4.98 Å². The fourth-order valence-corrected chi connectivity index (χ4v) is 3.29. The Morgan fingerprint density at radius 1 is 1.35 bits per heavy atom. The maximum absolute atomic E-state index is 9.90. The molecule has 3 rings (SSSR count). The lowest BCUT2D eigenvalue weighted by Gasteiger charge is -2.14. The zero-order valence-electron chi connectivity index (χ0n) is 9.26. The smallest absolute Gasteiger partial charge is 0.124 e. The Kier molecular flexibility index (Phi) is 2.61. The first-order chi connectivity index (χ1) is 8.24. The van der Waals surface area contributed by atoms with Crippen molar-refractivity contribution in [3.05, 3.63) is 34.8 Å². The van der Waals surface area contributed by atoms with Gasteiger partial charge in [0.1, 0.15) is 10.8 Å². The molecule has 88 valence electrons. The van der Waals surface area contributed by atoms with Gasteiger partial charge in [0.2, 0.25) is 0 Å². The van der Waals surface area contributed by atoms with Gasteiger partial charge in [0.25, 0.3) is 0 Å². The highest BCUT2D eigenvalue weighted by Crippen LogP contribution is 2.38. The van der Waals surface area contributed by atoms with Gasteiger partial charge in [0, 0.05) is 5.56 Å². The van der Waals surface area contributed by atoms with Crippen LogP contribution >= 0.6 is 11.3 Å². The molecule has 4 heteroatoms. The van der Waals surface area contributed by atoms with E-state index in [4.69, 9.17) is 0 Å². The molecule has 1 atom stereocenters. The molecular formula is C13H13NO2S. The number of aliphatic hydroxyl groups is 1. The summed E-state index contributed by atoms with van der Waals surface area (Å²) in [7, 11) is 0. The Hall–Kier alpha value is -1.39. The van der Waals surface area contributed by atoms with Crippen molar-refractivity contribution in [1.82, 2.24) is 4.98 Å². The SMILES string of the molecule is Oc1cccc(-c2nc3c(s2)C(O)CCC3)c1. The third-order valence-corrected chi connectivity index (χ3v) is 4.26. The molecule has 3 nitrogen and oxygen atoms in total. The largest absolute Gasteiger partial charge is 0.508 e. The summed E-state index contributed by atoms with van der Waals surface area (Å²) < 4.78 is 0. The molecule has 1 aromatic heterocycles. The Bertz CT molecular complexity index is 550. The molecule has 0 bridgehead atoms. The number of aromatic hydroxyl groups is 1. The molecule has 0 amide bonds. The maximum Gasteiger partial charge on any atom is 0.124 e. The van der Waals surface area contributed by atoms with E-state index >= 15 is 0 Å². The number of hydrogen-bond acceptors (Lipinski definition) is 4. The molecule has 0 aliphatic heterocycles. The Morgan fingerprint density at radius 3 is 3.00 bits per heavy atom. The minimum absolute atomic E-state index is 0.247. The molecular weight excluding hydrogens is 234 g/mol. The molecule has 1 unspecified atom stereocenters. The minimum atomic E-state index is -0.359. The lowest BCUT2D eigenvalue weighted by molar-refractivity contribution is 0.160. The average molecular weight is 247 g/mol. The molecule has 0 fully saturated rings. The van der Waals surface area contributed by atoms with Gasteiger partial charge in [-0.15, -0.1) is 11.3 Å². The van der Waals surface area contributed by atoms with E-state index in [-0.39, 0.29) is 11.9 Å². The van der Waals surface area contributed by atoms with Crippen LogP contribution in [0, 0.1) is 0 Å². The Labute approximate surface area is 103 Å². The van der Waals surface area contributed by atoms with Crippen molar-refractivity contribution >= 4 is 11.3 Å². The van der Waals surface area contributed by atoms with Gasteiger partial charge in [-0.2, -0.15) is 0 Å².